The maximum Gasteiger partial charge on any atom is 0.322 e. The number of rotatable bonds is 13. The molecule has 0 heterocycles. The number of aliphatic carboxylic acids is 1. The largest absolute Gasteiger partial charge is 0.481 e. The van der Waals surface area contributed by atoms with Gasteiger partial charge in [-0.15, -0.1) is 0 Å². The summed E-state index contributed by atoms with van der Waals surface area (Å²) < 4.78 is 4.32. The number of carbonyl (C=O) groups excluding carboxylic acids is 1. The van der Waals surface area contributed by atoms with Crippen LogP contribution in [0.3, 0.4) is 0 Å². The van der Waals surface area contributed by atoms with E-state index in [0.717, 1.165) is 32.1 Å². The van der Waals surface area contributed by atoms with Gasteiger partial charge in [-0.3, -0.25) is 9.59 Å². The fourth-order valence-electron chi connectivity index (χ4n) is 2.13. The van der Waals surface area contributed by atoms with Gasteiger partial charge in [-0.25, -0.2) is 0 Å². The van der Waals surface area contributed by atoms with Crippen molar-refractivity contribution in [2.45, 2.75) is 81.5 Å². The van der Waals surface area contributed by atoms with Crippen molar-refractivity contribution >= 4 is 34.5 Å². The molecular formula is C16H29IO4. The maximum absolute atomic E-state index is 12.1. The molecule has 0 saturated carbocycles. The molecule has 0 aromatic heterocycles. The van der Waals surface area contributed by atoms with Gasteiger partial charge in [-0.1, -0.05) is 81.4 Å². The monoisotopic (exact) mass is 412 g/mol. The minimum atomic E-state index is -0.942. The Labute approximate surface area is 142 Å². The van der Waals surface area contributed by atoms with Gasteiger partial charge >= 0.3 is 11.9 Å². The zero-order valence-corrected chi connectivity index (χ0v) is 15.5. The summed E-state index contributed by atoms with van der Waals surface area (Å²) in [5, 5.41) is 9.03. The predicted molar refractivity (Wildman–Crippen MR) is 92.9 cm³/mol. The predicted octanol–water partition coefficient (Wildman–Crippen LogP) is 4.73. The van der Waals surface area contributed by atoms with Crippen LogP contribution in [0.1, 0.15) is 78.1 Å². The van der Waals surface area contributed by atoms with E-state index in [9.17, 15) is 9.59 Å². The van der Waals surface area contributed by atoms with E-state index < -0.39 is 9.39 Å². The van der Waals surface area contributed by atoms with E-state index in [2.05, 4.69) is 6.92 Å². The molecule has 0 aliphatic rings. The summed E-state index contributed by atoms with van der Waals surface area (Å²) in [6.45, 7) is 4.59. The van der Waals surface area contributed by atoms with Crippen LogP contribution in [-0.4, -0.2) is 27.1 Å². The van der Waals surface area contributed by atoms with Crippen molar-refractivity contribution in [1.29, 1.82) is 0 Å². The van der Waals surface area contributed by atoms with Crippen molar-refractivity contribution in [3.63, 3.8) is 0 Å². The Morgan fingerprint density at radius 1 is 1.00 bits per heavy atom. The van der Waals surface area contributed by atoms with Crippen LogP contribution in [0.15, 0.2) is 0 Å². The lowest BCUT2D eigenvalue weighted by Gasteiger charge is -2.23. The molecule has 0 aliphatic carbocycles. The minimum absolute atomic E-state index is 0.159. The Balaban J connectivity index is 4.26. The second-order valence-corrected chi connectivity index (χ2v) is 7.61. The Bertz CT molecular complexity index is 307. The number of hydrogen-bond donors (Lipinski definition) is 1. The number of halogens is 1. The van der Waals surface area contributed by atoms with Gasteiger partial charge in [0.1, 0.15) is 3.42 Å². The van der Waals surface area contributed by atoms with Gasteiger partial charge in [0.05, 0.1) is 13.0 Å². The van der Waals surface area contributed by atoms with Gasteiger partial charge in [-0.2, -0.15) is 0 Å². The third-order valence-electron chi connectivity index (χ3n) is 3.45. The van der Waals surface area contributed by atoms with Crippen LogP contribution in [0.5, 0.6) is 0 Å². The van der Waals surface area contributed by atoms with Crippen molar-refractivity contribution in [2.24, 2.45) is 0 Å². The third kappa shape index (κ3) is 10.1. The molecule has 0 bridgehead atoms. The summed E-state index contributed by atoms with van der Waals surface area (Å²) >= 11 is 1.98. The molecule has 0 radical (unpaired) electrons. The first-order valence-electron chi connectivity index (χ1n) is 8.04. The summed E-state index contributed by atoms with van der Waals surface area (Å²) in [6.07, 6.45) is 8.94. The highest BCUT2D eigenvalue weighted by molar-refractivity contribution is 14.1. The number of alkyl halides is 1. The number of carboxylic acid groups (broad SMARTS) is 1. The van der Waals surface area contributed by atoms with E-state index >= 15 is 0 Å². The van der Waals surface area contributed by atoms with E-state index in [1.54, 1.807) is 0 Å². The van der Waals surface area contributed by atoms with E-state index in [4.69, 9.17) is 9.84 Å². The van der Waals surface area contributed by atoms with Crippen LogP contribution in [0.4, 0.5) is 0 Å². The van der Waals surface area contributed by atoms with Crippen molar-refractivity contribution in [3.8, 4) is 0 Å². The summed E-state index contributed by atoms with van der Waals surface area (Å²) in [4.78, 5) is 23.2. The number of carbonyl (C=O) groups is 2. The molecule has 0 spiro atoms. The molecule has 0 aromatic carbocycles. The summed E-state index contributed by atoms with van der Waals surface area (Å²) in [7, 11) is 0. The first-order valence-corrected chi connectivity index (χ1v) is 9.12. The second kappa shape index (κ2) is 12.2. The molecule has 0 aromatic rings. The van der Waals surface area contributed by atoms with Crippen molar-refractivity contribution in [1.82, 2.24) is 0 Å². The molecule has 0 amide bonds. The van der Waals surface area contributed by atoms with Crippen LogP contribution < -0.4 is 0 Å². The molecule has 21 heavy (non-hydrogen) atoms. The molecule has 1 N–H and O–H groups in total. The first-order chi connectivity index (χ1) is 9.96. The van der Waals surface area contributed by atoms with Crippen LogP contribution >= 0.6 is 22.6 Å². The molecule has 1 unspecified atom stereocenters. The van der Waals surface area contributed by atoms with Gasteiger partial charge < -0.3 is 9.84 Å². The minimum Gasteiger partial charge on any atom is -0.481 e. The van der Waals surface area contributed by atoms with Crippen molar-refractivity contribution in [2.75, 3.05) is 6.61 Å². The molecule has 0 rings (SSSR count). The van der Waals surface area contributed by atoms with Crippen LogP contribution in [0.2, 0.25) is 0 Å². The standard InChI is InChI=1S/C16H29IO4/c1-3-5-7-8-9-10-11-16(17,13-14(18)19)15(20)21-12-6-4-2/h3-13H2,1-2H3,(H,18,19). The lowest BCUT2D eigenvalue weighted by Crippen LogP contribution is -2.36. The average Bonchev–Trinajstić information content (AvgIpc) is 2.42. The Kier molecular flexibility index (Phi) is 12.0. The zero-order valence-electron chi connectivity index (χ0n) is 13.3. The average molecular weight is 412 g/mol. The van der Waals surface area contributed by atoms with Crippen LogP contribution in [0.25, 0.3) is 0 Å². The van der Waals surface area contributed by atoms with Crippen LogP contribution in [0, 0.1) is 0 Å². The van der Waals surface area contributed by atoms with E-state index in [1.165, 1.54) is 19.3 Å². The molecule has 0 saturated heterocycles. The molecule has 5 heteroatoms. The SMILES string of the molecule is CCCCCCCCC(I)(CC(=O)O)C(=O)OCCCC. The molecule has 4 nitrogen and oxygen atoms in total. The highest BCUT2D eigenvalue weighted by Gasteiger charge is 2.38. The summed E-state index contributed by atoms with van der Waals surface area (Å²) in [5.74, 6) is -1.31. The maximum atomic E-state index is 12.1. The van der Waals surface area contributed by atoms with Gasteiger partial charge in [0.2, 0.25) is 0 Å². The number of unbranched alkanes of at least 4 members (excludes halogenated alkanes) is 6. The topological polar surface area (TPSA) is 63.6 Å². The van der Waals surface area contributed by atoms with Crippen molar-refractivity contribution < 1.29 is 19.4 Å². The number of esters is 1. The number of hydrogen-bond acceptors (Lipinski definition) is 3. The highest BCUT2D eigenvalue weighted by Crippen LogP contribution is 2.32. The second-order valence-electron chi connectivity index (χ2n) is 5.54. The highest BCUT2D eigenvalue weighted by atomic mass is 127. The Hall–Kier alpha value is -0.330. The molecule has 1 atom stereocenters. The fourth-order valence-corrected chi connectivity index (χ4v) is 2.99. The smallest absolute Gasteiger partial charge is 0.322 e. The van der Waals surface area contributed by atoms with Gasteiger partial charge in [0, 0.05) is 0 Å². The molecule has 124 valence electrons. The van der Waals surface area contributed by atoms with E-state index in [-0.39, 0.29) is 12.4 Å². The lowest BCUT2D eigenvalue weighted by molar-refractivity contribution is -0.150. The Morgan fingerprint density at radius 3 is 2.14 bits per heavy atom. The van der Waals surface area contributed by atoms with Gasteiger partial charge in [0.25, 0.3) is 0 Å². The number of carboxylic acids is 1. The van der Waals surface area contributed by atoms with Gasteiger partial charge in [0.15, 0.2) is 0 Å². The van der Waals surface area contributed by atoms with E-state index in [1.807, 2.05) is 29.5 Å². The third-order valence-corrected chi connectivity index (χ3v) is 4.82. The zero-order chi connectivity index (χ0) is 16.1. The summed E-state index contributed by atoms with van der Waals surface area (Å²) in [6, 6.07) is 0. The normalized spacial score (nSPS) is 13.7. The van der Waals surface area contributed by atoms with Gasteiger partial charge in [-0.05, 0) is 12.8 Å². The van der Waals surface area contributed by atoms with Crippen LogP contribution in [-0.2, 0) is 14.3 Å². The lowest BCUT2D eigenvalue weighted by atomic mass is 9.97. The molecule has 0 fully saturated rings. The number of ether oxygens (including phenoxy) is 1. The fraction of sp³-hybridized carbons (Fsp3) is 0.875. The Morgan fingerprint density at radius 2 is 1.57 bits per heavy atom. The van der Waals surface area contributed by atoms with E-state index in [0.29, 0.717) is 13.0 Å². The van der Waals surface area contributed by atoms with Crippen molar-refractivity contribution in [3.05, 3.63) is 0 Å². The summed E-state index contributed by atoms with van der Waals surface area (Å²) in [5.41, 5.74) is 0. The first kappa shape index (κ1) is 20.7. The molecular weight excluding hydrogens is 383 g/mol. The molecule has 0 aliphatic heterocycles. The quantitative estimate of drug-likeness (QED) is 0.206.